The number of ether oxygens (including phenoxy) is 1. The van der Waals surface area contributed by atoms with Gasteiger partial charge >= 0.3 is 6.18 Å². The zero-order chi connectivity index (χ0) is 16.0. The molecule has 2 rings (SSSR count). The van der Waals surface area contributed by atoms with E-state index in [1.807, 2.05) is 0 Å². The summed E-state index contributed by atoms with van der Waals surface area (Å²) >= 11 is 0. The molecule has 0 spiro atoms. The van der Waals surface area contributed by atoms with Crippen LogP contribution in [0.2, 0.25) is 0 Å². The molecule has 0 radical (unpaired) electrons. The quantitative estimate of drug-likeness (QED) is 0.789. The largest absolute Gasteiger partial charge is 0.405 e. The molecule has 2 unspecified atom stereocenters. The molecule has 128 valence electrons. The third kappa shape index (κ3) is 5.40. The second kappa shape index (κ2) is 8.12. The van der Waals surface area contributed by atoms with Crippen molar-refractivity contribution in [3.05, 3.63) is 0 Å². The zero-order valence-electron chi connectivity index (χ0n) is 12.6. The molecule has 0 aromatic rings. The van der Waals surface area contributed by atoms with E-state index >= 15 is 0 Å². The number of halogens is 3. The molecular formula is C14H24F3N3O2. The topological polar surface area (TPSA) is 53.6 Å². The first-order chi connectivity index (χ1) is 10.5. The molecule has 22 heavy (non-hydrogen) atoms. The predicted molar refractivity (Wildman–Crippen MR) is 75.5 cm³/mol. The van der Waals surface area contributed by atoms with Crippen LogP contribution in [0.25, 0.3) is 0 Å². The van der Waals surface area contributed by atoms with Crippen molar-refractivity contribution in [3.8, 4) is 0 Å². The Labute approximate surface area is 128 Å². The Morgan fingerprint density at radius 2 is 2.05 bits per heavy atom. The van der Waals surface area contributed by atoms with Crippen molar-refractivity contribution in [2.24, 2.45) is 0 Å². The maximum Gasteiger partial charge on any atom is 0.405 e. The first-order valence-corrected chi connectivity index (χ1v) is 7.86. The van der Waals surface area contributed by atoms with Crippen LogP contribution in [0.3, 0.4) is 0 Å². The van der Waals surface area contributed by atoms with Gasteiger partial charge in [-0.05, 0) is 19.3 Å². The number of alkyl halides is 3. The number of carbonyl (C=O) groups is 1. The normalized spacial score (nSPS) is 25.7. The average Bonchev–Trinajstić information content (AvgIpc) is 2.48. The lowest BCUT2D eigenvalue weighted by molar-refractivity contribution is -0.184. The Bertz CT molecular complexity index is 354. The molecule has 5 nitrogen and oxygen atoms in total. The first-order valence-electron chi connectivity index (χ1n) is 7.86. The van der Waals surface area contributed by atoms with Crippen molar-refractivity contribution in [2.45, 2.75) is 44.0 Å². The van der Waals surface area contributed by atoms with Crippen LogP contribution in [0.4, 0.5) is 13.2 Å². The van der Waals surface area contributed by atoms with Gasteiger partial charge in [-0.3, -0.25) is 9.69 Å². The molecule has 2 aliphatic heterocycles. The summed E-state index contributed by atoms with van der Waals surface area (Å²) in [7, 11) is 0. The van der Waals surface area contributed by atoms with Crippen molar-refractivity contribution in [3.63, 3.8) is 0 Å². The van der Waals surface area contributed by atoms with Crippen molar-refractivity contribution in [1.29, 1.82) is 0 Å². The molecule has 1 amide bonds. The number of nitrogens with one attached hydrogen (secondary N) is 2. The van der Waals surface area contributed by atoms with E-state index in [2.05, 4.69) is 10.6 Å². The average molecular weight is 323 g/mol. The lowest BCUT2D eigenvalue weighted by atomic mass is 10.1. The molecular weight excluding hydrogens is 299 g/mol. The fourth-order valence-corrected chi connectivity index (χ4v) is 2.90. The van der Waals surface area contributed by atoms with E-state index in [4.69, 9.17) is 4.74 Å². The molecule has 0 aromatic carbocycles. The fraction of sp³-hybridized carbons (Fsp3) is 0.929. The minimum atomic E-state index is -4.34. The zero-order valence-corrected chi connectivity index (χ0v) is 12.6. The van der Waals surface area contributed by atoms with E-state index in [9.17, 15) is 18.0 Å². The smallest absolute Gasteiger partial charge is 0.378 e. The van der Waals surface area contributed by atoms with Crippen LogP contribution in [0.5, 0.6) is 0 Å². The summed E-state index contributed by atoms with van der Waals surface area (Å²) in [6.07, 6.45) is -1.56. The van der Waals surface area contributed by atoms with Gasteiger partial charge in [0.05, 0.1) is 12.5 Å². The number of amides is 1. The molecule has 2 heterocycles. The van der Waals surface area contributed by atoms with Gasteiger partial charge in [-0.25, -0.2) is 0 Å². The van der Waals surface area contributed by atoms with Crippen molar-refractivity contribution >= 4 is 5.91 Å². The third-order valence-electron chi connectivity index (χ3n) is 4.15. The van der Waals surface area contributed by atoms with Gasteiger partial charge in [0.2, 0.25) is 5.91 Å². The highest BCUT2D eigenvalue weighted by molar-refractivity contribution is 5.76. The van der Waals surface area contributed by atoms with E-state index in [-0.39, 0.29) is 18.4 Å². The lowest BCUT2D eigenvalue weighted by Gasteiger charge is -2.36. The summed E-state index contributed by atoms with van der Waals surface area (Å²) < 4.78 is 45.0. The monoisotopic (exact) mass is 323 g/mol. The highest BCUT2D eigenvalue weighted by atomic mass is 19.4. The molecule has 2 fully saturated rings. The maximum atomic E-state index is 13.2. The molecule has 2 saturated heterocycles. The van der Waals surface area contributed by atoms with Gasteiger partial charge in [0, 0.05) is 39.3 Å². The Morgan fingerprint density at radius 3 is 2.64 bits per heavy atom. The highest BCUT2D eigenvalue weighted by Gasteiger charge is 2.43. The minimum Gasteiger partial charge on any atom is -0.378 e. The van der Waals surface area contributed by atoms with Gasteiger partial charge < -0.3 is 15.4 Å². The van der Waals surface area contributed by atoms with E-state index in [1.54, 1.807) is 0 Å². The number of hydrogen-bond donors (Lipinski definition) is 2. The van der Waals surface area contributed by atoms with Crippen molar-refractivity contribution < 1.29 is 22.7 Å². The van der Waals surface area contributed by atoms with Gasteiger partial charge in [0.15, 0.2) is 0 Å². The summed E-state index contributed by atoms with van der Waals surface area (Å²) in [5.74, 6) is -0.365. The standard InChI is InChI=1S/C14H24F3N3O2/c15-14(16,17)12(20-6-4-18-5-7-20)10-19-13(21)9-11-3-1-2-8-22-11/h11-12,18H,1-10H2,(H,19,21). The first kappa shape index (κ1) is 17.5. The van der Waals surface area contributed by atoms with Crippen LogP contribution in [0.1, 0.15) is 25.7 Å². The summed E-state index contributed by atoms with van der Waals surface area (Å²) in [6, 6.07) is -1.62. The second-order valence-electron chi connectivity index (χ2n) is 5.84. The van der Waals surface area contributed by atoms with Crippen LogP contribution >= 0.6 is 0 Å². The summed E-state index contributed by atoms with van der Waals surface area (Å²) in [6.45, 7) is 1.99. The Kier molecular flexibility index (Phi) is 6.46. The van der Waals surface area contributed by atoms with Crippen molar-refractivity contribution in [2.75, 3.05) is 39.3 Å². The highest BCUT2D eigenvalue weighted by Crippen LogP contribution is 2.25. The van der Waals surface area contributed by atoms with E-state index < -0.39 is 18.8 Å². The van der Waals surface area contributed by atoms with Crippen molar-refractivity contribution in [1.82, 2.24) is 15.5 Å². The molecule has 0 aliphatic carbocycles. The second-order valence-corrected chi connectivity index (χ2v) is 5.84. The van der Waals surface area contributed by atoms with Crippen LogP contribution in [0.15, 0.2) is 0 Å². The number of nitrogens with zero attached hydrogens (tertiary/aromatic N) is 1. The molecule has 2 atom stereocenters. The van der Waals surface area contributed by atoms with Gasteiger partial charge in [0.25, 0.3) is 0 Å². The molecule has 0 saturated carbocycles. The number of piperazine rings is 1. The Morgan fingerprint density at radius 1 is 1.32 bits per heavy atom. The van der Waals surface area contributed by atoms with E-state index in [1.165, 1.54) is 4.90 Å². The minimum absolute atomic E-state index is 0.145. The summed E-state index contributed by atoms with van der Waals surface area (Å²) in [5.41, 5.74) is 0. The molecule has 8 heteroatoms. The SMILES string of the molecule is O=C(CC1CCCCO1)NCC(N1CCNCC1)C(F)(F)F. The van der Waals surface area contributed by atoms with Gasteiger partial charge in [-0.1, -0.05) is 0 Å². The maximum absolute atomic E-state index is 13.2. The lowest BCUT2D eigenvalue weighted by Crippen LogP contribution is -2.57. The van der Waals surface area contributed by atoms with Gasteiger partial charge in [-0.2, -0.15) is 13.2 Å². The van der Waals surface area contributed by atoms with E-state index in [0.29, 0.717) is 32.8 Å². The fourth-order valence-electron chi connectivity index (χ4n) is 2.90. The number of rotatable bonds is 5. The third-order valence-corrected chi connectivity index (χ3v) is 4.15. The molecule has 2 N–H and O–H groups in total. The number of hydrogen-bond acceptors (Lipinski definition) is 4. The Hall–Kier alpha value is -0.860. The number of carbonyl (C=O) groups excluding carboxylic acids is 1. The van der Waals surface area contributed by atoms with Crippen LogP contribution < -0.4 is 10.6 Å². The molecule has 2 aliphatic rings. The van der Waals surface area contributed by atoms with Crippen LogP contribution in [-0.2, 0) is 9.53 Å². The predicted octanol–water partition coefficient (Wildman–Crippen LogP) is 0.898. The van der Waals surface area contributed by atoms with Crippen LogP contribution in [-0.4, -0.2) is 68.5 Å². The summed E-state index contributed by atoms with van der Waals surface area (Å²) in [4.78, 5) is 13.2. The van der Waals surface area contributed by atoms with Gasteiger partial charge in [-0.15, -0.1) is 0 Å². The molecule has 0 aromatic heterocycles. The van der Waals surface area contributed by atoms with Gasteiger partial charge in [0.1, 0.15) is 6.04 Å². The van der Waals surface area contributed by atoms with E-state index in [0.717, 1.165) is 19.3 Å². The summed E-state index contributed by atoms with van der Waals surface area (Å²) in [5, 5.41) is 5.46. The Balaban J connectivity index is 1.80. The molecule has 0 bridgehead atoms. The van der Waals surface area contributed by atoms with Crippen LogP contribution in [0, 0.1) is 0 Å².